The van der Waals surface area contributed by atoms with Crippen LogP contribution in [0.2, 0.25) is 5.02 Å². The van der Waals surface area contributed by atoms with Gasteiger partial charge in [0.25, 0.3) is 0 Å². The summed E-state index contributed by atoms with van der Waals surface area (Å²) in [6.07, 6.45) is -3.16. The number of alkyl halides is 3. The molecular formula is C21H18ClF3N4O3. The van der Waals surface area contributed by atoms with Crippen LogP contribution in [0.5, 0.6) is 5.75 Å². The van der Waals surface area contributed by atoms with E-state index in [0.29, 0.717) is 16.4 Å². The van der Waals surface area contributed by atoms with Crippen molar-refractivity contribution in [1.29, 1.82) is 0 Å². The van der Waals surface area contributed by atoms with Gasteiger partial charge in [-0.2, -0.15) is 0 Å². The van der Waals surface area contributed by atoms with Gasteiger partial charge in [0.15, 0.2) is 5.82 Å². The molecule has 1 aromatic heterocycles. The van der Waals surface area contributed by atoms with Gasteiger partial charge < -0.3 is 10.1 Å². The summed E-state index contributed by atoms with van der Waals surface area (Å²) in [6, 6.07) is 12.4. The molecule has 0 saturated heterocycles. The molecule has 1 fully saturated rings. The first-order valence-corrected chi connectivity index (χ1v) is 10.1. The molecule has 0 atom stereocenters. The highest BCUT2D eigenvalue weighted by Gasteiger charge is 2.32. The summed E-state index contributed by atoms with van der Waals surface area (Å²) >= 11 is 5.93. The van der Waals surface area contributed by atoms with E-state index in [9.17, 15) is 22.8 Å². The Morgan fingerprint density at radius 3 is 2.50 bits per heavy atom. The average Bonchev–Trinajstić information content (AvgIpc) is 3.51. The number of aromatic nitrogens is 3. The Morgan fingerprint density at radius 2 is 1.84 bits per heavy atom. The molecule has 3 aromatic rings. The Bertz CT molecular complexity index is 1180. The highest BCUT2D eigenvalue weighted by Crippen LogP contribution is 2.36. The molecule has 1 aliphatic carbocycles. The molecule has 1 amide bonds. The van der Waals surface area contributed by atoms with Crippen LogP contribution >= 0.6 is 11.6 Å². The molecule has 2 aromatic carbocycles. The van der Waals surface area contributed by atoms with Gasteiger partial charge in [-0.15, -0.1) is 18.3 Å². The number of nitrogens with one attached hydrogen (secondary N) is 1. The predicted octanol–water partition coefficient (Wildman–Crippen LogP) is 3.92. The van der Waals surface area contributed by atoms with Gasteiger partial charge in [-0.05, 0) is 43.2 Å². The summed E-state index contributed by atoms with van der Waals surface area (Å²) in [6.45, 7) is -0.575. The molecule has 32 heavy (non-hydrogen) atoms. The van der Waals surface area contributed by atoms with E-state index in [4.69, 9.17) is 11.6 Å². The third-order valence-corrected chi connectivity index (χ3v) is 5.10. The second-order valence-corrected chi connectivity index (χ2v) is 7.74. The number of hydrogen-bond donors (Lipinski definition) is 1. The number of ether oxygens (including phenoxy) is 1. The van der Waals surface area contributed by atoms with Gasteiger partial charge in [-0.25, -0.2) is 9.48 Å². The van der Waals surface area contributed by atoms with Gasteiger partial charge in [0.1, 0.15) is 12.3 Å². The van der Waals surface area contributed by atoms with Gasteiger partial charge in [0.2, 0.25) is 5.91 Å². The van der Waals surface area contributed by atoms with Gasteiger partial charge in [0.05, 0.1) is 0 Å². The van der Waals surface area contributed by atoms with E-state index < -0.39 is 23.7 Å². The minimum Gasteiger partial charge on any atom is -0.405 e. The van der Waals surface area contributed by atoms with Crippen LogP contribution in [0.3, 0.4) is 0 Å². The lowest BCUT2D eigenvalue weighted by atomic mass is 10.2. The first kappa shape index (κ1) is 21.9. The number of rotatable bonds is 7. The van der Waals surface area contributed by atoms with Crippen LogP contribution in [0, 0.1) is 0 Å². The predicted molar refractivity (Wildman–Crippen MR) is 110 cm³/mol. The number of carbonyl (C=O) groups excluding carboxylic acids is 1. The number of nitrogens with zero attached hydrogens (tertiary/aromatic N) is 3. The number of halogens is 4. The highest BCUT2D eigenvalue weighted by atomic mass is 35.5. The van der Waals surface area contributed by atoms with E-state index in [1.165, 1.54) is 18.2 Å². The van der Waals surface area contributed by atoms with Crippen LogP contribution in [-0.4, -0.2) is 26.6 Å². The third kappa shape index (κ3) is 5.13. The Kier molecular flexibility index (Phi) is 5.96. The summed E-state index contributed by atoms with van der Waals surface area (Å²) in [7, 11) is 0. The van der Waals surface area contributed by atoms with Crippen molar-refractivity contribution in [2.24, 2.45) is 0 Å². The van der Waals surface area contributed by atoms with E-state index >= 15 is 0 Å². The van der Waals surface area contributed by atoms with Crippen LogP contribution < -0.4 is 15.7 Å². The Balaban J connectivity index is 1.49. The van der Waals surface area contributed by atoms with Gasteiger partial charge in [0, 0.05) is 28.7 Å². The number of amides is 1. The first-order valence-electron chi connectivity index (χ1n) is 9.77. The molecule has 1 heterocycles. The first-order chi connectivity index (χ1) is 15.2. The zero-order valence-electron chi connectivity index (χ0n) is 16.6. The lowest BCUT2D eigenvalue weighted by Gasteiger charge is -2.13. The Hall–Kier alpha value is -3.27. The molecular weight excluding hydrogens is 449 g/mol. The van der Waals surface area contributed by atoms with Crippen LogP contribution in [0.25, 0.3) is 11.4 Å². The fourth-order valence-corrected chi connectivity index (χ4v) is 3.37. The number of hydrogen-bond acceptors (Lipinski definition) is 4. The van der Waals surface area contributed by atoms with E-state index in [2.05, 4.69) is 15.2 Å². The fraction of sp³-hybridized carbons (Fsp3) is 0.286. The zero-order valence-corrected chi connectivity index (χ0v) is 17.4. The monoisotopic (exact) mass is 466 g/mol. The Morgan fingerprint density at radius 1 is 1.16 bits per heavy atom. The normalized spacial score (nSPS) is 13.8. The molecule has 0 radical (unpaired) electrons. The molecule has 0 aliphatic heterocycles. The van der Waals surface area contributed by atoms with E-state index in [1.54, 1.807) is 28.8 Å². The minimum atomic E-state index is -4.85. The number of para-hydroxylation sites is 1. The second kappa shape index (κ2) is 8.70. The number of benzene rings is 2. The van der Waals surface area contributed by atoms with Crippen LogP contribution in [-0.2, 0) is 17.9 Å². The summed E-state index contributed by atoms with van der Waals surface area (Å²) in [4.78, 5) is 25.3. The molecule has 0 spiro atoms. The topological polar surface area (TPSA) is 78.2 Å². The standard InChI is InChI=1S/C21H18ClF3N4O3/c22-15-7-5-13(6-8-15)19-27-28(20(31)29(19)16-9-10-16)12-18(30)26-11-14-3-1-2-4-17(14)32-21(23,24)25/h1-8,16H,9-12H2,(H,26,30). The summed E-state index contributed by atoms with van der Waals surface area (Å²) in [5.41, 5.74) is 0.417. The molecule has 1 saturated carbocycles. The maximum atomic E-state index is 12.8. The van der Waals surface area contributed by atoms with E-state index in [0.717, 1.165) is 23.6 Å². The van der Waals surface area contributed by atoms with Crippen LogP contribution in [0.15, 0.2) is 53.3 Å². The fourth-order valence-electron chi connectivity index (χ4n) is 3.24. The number of carbonyl (C=O) groups is 1. The van der Waals surface area contributed by atoms with Crippen molar-refractivity contribution < 1.29 is 22.7 Å². The van der Waals surface area contributed by atoms with Crippen molar-refractivity contribution >= 4 is 17.5 Å². The minimum absolute atomic E-state index is 0.0244. The summed E-state index contributed by atoms with van der Waals surface area (Å²) in [5, 5.41) is 7.37. The SMILES string of the molecule is O=C(Cn1nc(-c2ccc(Cl)cc2)n(C2CC2)c1=O)NCc1ccccc1OC(F)(F)F. The molecule has 7 nitrogen and oxygen atoms in total. The molecule has 168 valence electrons. The molecule has 1 aliphatic rings. The van der Waals surface area contributed by atoms with Crippen molar-refractivity contribution in [2.75, 3.05) is 0 Å². The van der Waals surface area contributed by atoms with Crippen molar-refractivity contribution in [3.05, 3.63) is 69.6 Å². The smallest absolute Gasteiger partial charge is 0.405 e. The van der Waals surface area contributed by atoms with Crippen LogP contribution in [0.4, 0.5) is 13.2 Å². The zero-order chi connectivity index (χ0) is 22.9. The highest BCUT2D eigenvalue weighted by molar-refractivity contribution is 6.30. The van der Waals surface area contributed by atoms with Crippen molar-refractivity contribution in [3.63, 3.8) is 0 Å². The third-order valence-electron chi connectivity index (χ3n) is 4.85. The van der Waals surface area contributed by atoms with Gasteiger partial charge in [-0.3, -0.25) is 9.36 Å². The lowest BCUT2D eigenvalue weighted by molar-refractivity contribution is -0.274. The molecule has 4 rings (SSSR count). The molecule has 1 N–H and O–H groups in total. The van der Waals surface area contributed by atoms with Crippen molar-refractivity contribution in [1.82, 2.24) is 19.7 Å². The average molecular weight is 467 g/mol. The summed E-state index contributed by atoms with van der Waals surface area (Å²) < 4.78 is 44.3. The molecule has 0 bridgehead atoms. The summed E-state index contributed by atoms with van der Waals surface area (Å²) in [5.74, 6) is -0.539. The van der Waals surface area contributed by atoms with Crippen molar-refractivity contribution in [2.45, 2.75) is 38.3 Å². The Labute approximate surface area is 185 Å². The van der Waals surface area contributed by atoms with Crippen molar-refractivity contribution in [3.8, 4) is 17.1 Å². The quantitative estimate of drug-likeness (QED) is 0.572. The molecule has 11 heteroatoms. The molecule has 0 unspecified atom stereocenters. The van der Waals surface area contributed by atoms with Crippen LogP contribution in [0.1, 0.15) is 24.4 Å². The maximum Gasteiger partial charge on any atom is 0.573 e. The second-order valence-electron chi connectivity index (χ2n) is 7.30. The maximum absolute atomic E-state index is 12.8. The van der Waals surface area contributed by atoms with Gasteiger partial charge >= 0.3 is 12.1 Å². The lowest BCUT2D eigenvalue weighted by Crippen LogP contribution is -2.33. The van der Waals surface area contributed by atoms with E-state index in [-0.39, 0.29) is 24.7 Å². The largest absolute Gasteiger partial charge is 0.573 e. The van der Waals surface area contributed by atoms with E-state index in [1.807, 2.05) is 0 Å². The van der Waals surface area contributed by atoms with Gasteiger partial charge in [-0.1, -0.05) is 29.8 Å².